The average Bonchev–Trinajstić information content (AvgIpc) is 2.45. The van der Waals surface area contributed by atoms with Crippen molar-refractivity contribution in [3.63, 3.8) is 0 Å². The molecule has 0 saturated heterocycles. The third kappa shape index (κ3) is 4.84. The van der Waals surface area contributed by atoms with Gasteiger partial charge in [0.2, 0.25) is 0 Å². The first-order valence-corrected chi connectivity index (χ1v) is 7.84. The maximum Gasteiger partial charge on any atom is -0.0282 e. The Bertz CT molecular complexity index is 319. The lowest BCUT2D eigenvalue weighted by molar-refractivity contribution is 0.374. The van der Waals surface area contributed by atoms with E-state index in [4.69, 9.17) is 0 Å². The van der Waals surface area contributed by atoms with Crippen LogP contribution in [-0.4, -0.2) is 0 Å². The Hall–Kier alpha value is -0.780. The zero-order valence-electron chi connectivity index (χ0n) is 11.9. The van der Waals surface area contributed by atoms with Crippen molar-refractivity contribution in [2.75, 3.05) is 0 Å². The van der Waals surface area contributed by atoms with Gasteiger partial charge in [0.15, 0.2) is 0 Å². The fourth-order valence-electron chi connectivity index (χ4n) is 3.08. The molecular weight excluding hydrogens is 216 g/mol. The third-order valence-electron chi connectivity index (χ3n) is 4.50. The van der Waals surface area contributed by atoms with Gasteiger partial charge in [-0.15, -0.1) is 0 Å². The van der Waals surface area contributed by atoms with Crippen molar-refractivity contribution in [3.8, 4) is 0 Å². The SMILES string of the molecule is CC(CCC1=CC=CCC1)CCC1CC=CCC1. The molecule has 0 aromatic carbocycles. The molecular formula is C18H28. The smallest absolute Gasteiger partial charge is 0.0282 e. The van der Waals surface area contributed by atoms with Crippen molar-refractivity contribution in [3.05, 3.63) is 36.0 Å². The minimum atomic E-state index is 0.905. The molecule has 0 saturated carbocycles. The van der Waals surface area contributed by atoms with Gasteiger partial charge in [-0.3, -0.25) is 0 Å². The maximum absolute atomic E-state index is 2.44. The van der Waals surface area contributed by atoms with Crippen LogP contribution in [-0.2, 0) is 0 Å². The molecule has 0 aromatic heterocycles. The average molecular weight is 244 g/mol. The van der Waals surface area contributed by atoms with Crippen molar-refractivity contribution in [1.29, 1.82) is 0 Å². The Labute approximate surface area is 113 Å². The second-order valence-corrected chi connectivity index (χ2v) is 6.16. The molecule has 0 aromatic rings. The van der Waals surface area contributed by atoms with Crippen LogP contribution in [0, 0.1) is 11.8 Å². The minimum absolute atomic E-state index is 0.905. The molecule has 0 spiro atoms. The molecule has 0 nitrogen and oxygen atoms in total. The van der Waals surface area contributed by atoms with Crippen LogP contribution in [0.2, 0.25) is 0 Å². The normalized spacial score (nSPS) is 24.9. The fraction of sp³-hybridized carbons (Fsp3) is 0.667. The molecule has 2 rings (SSSR count). The summed E-state index contributed by atoms with van der Waals surface area (Å²) in [6, 6.07) is 0. The van der Waals surface area contributed by atoms with Crippen molar-refractivity contribution < 1.29 is 0 Å². The molecule has 0 radical (unpaired) electrons. The summed E-state index contributed by atoms with van der Waals surface area (Å²) in [5.41, 5.74) is 1.67. The lowest BCUT2D eigenvalue weighted by atomic mass is 9.86. The van der Waals surface area contributed by atoms with Crippen LogP contribution in [0.3, 0.4) is 0 Å². The summed E-state index contributed by atoms with van der Waals surface area (Å²) in [6.07, 6.45) is 23.8. The zero-order valence-corrected chi connectivity index (χ0v) is 11.9. The molecule has 0 aliphatic heterocycles. The van der Waals surface area contributed by atoms with Gasteiger partial charge < -0.3 is 0 Å². The van der Waals surface area contributed by atoms with E-state index < -0.39 is 0 Å². The lowest BCUT2D eigenvalue weighted by Gasteiger charge is -2.20. The van der Waals surface area contributed by atoms with Crippen LogP contribution in [0.25, 0.3) is 0 Å². The molecule has 2 aliphatic rings. The molecule has 0 heterocycles. The monoisotopic (exact) mass is 244 g/mol. The van der Waals surface area contributed by atoms with Gasteiger partial charge >= 0.3 is 0 Å². The van der Waals surface area contributed by atoms with E-state index in [9.17, 15) is 0 Å². The zero-order chi connectivity index (χ0) is 12.6. The highest BCUT2D eigenvalue weighted by Crippen LogP contribution is 2.27. The molecule has 0 amide bonds. The second kappa shape index (κ2) is 7.61. The Morgan fingerprint density at radius 1 is 1.17 bits per heavy atom. The third-order valence-corrected chi connectivity index (χ3v) is 4.50. The quantitative estimate of drug-likeness (QED) is 0.517. The van der Waals surface area contributed by atoms with Gasteiger partial charge in [-0.25, -0.2) is 0 Å². The van der Waals surface area contributed by atoms with E-state index in [0.717, 1.165) is 11.8 Å². The summed E-state index contributed by atoms with van der Waals surface area (Å²) in [4.78, 5) is 0. The van der Waals surface area contributed by atoms with Gasteiger partial charge in [0, 0.05) is 0 Å². The number of rotatable bonds is 6. The Morgan fingerprint density at radius 2 is 2.11 bits per heavy atom. The number of hydrogen-bond acceptors (Lipinski definition) is 0. The van der Waals surface area contributed by atoms with E-state index in [1.54, 1.807) is 5.57 Å². The van der Waals surface area contributed by atoms with Crippen LogP contribution >= 0.6 is 0 Å². The highest BCUT2D eigenvalue weighted by Gasteiger charge is 2.12. The van der Waals surface area contributed by atoms with E-state index in [1.165, 1.54) is 57.8 Å². The van der Waals surface area contributed by atoms with Crippen molar-refractivity contribution >= 4 is 0 Å². The standard InChI is InChI=1S/C18H28/c1-16(12-14-17-8-4-2-5-9-17)13-15-18-10-6-3-7-11-18/h2-4,6,8,16,18H,5,7,9-15H2,1H3. The molecule has 18 heavy (non-hydrogen) atoms. The van der Waals surface area contributed by atoms with E-state index in [2.05, 4.69) is 37.3 Å². The summed E-state index contributed by atoms with van der Waals surface area (Å²) in [5, 5.41) is 0. The molecule has 0 bridgehead atoms. The summed E-state index contributed by atoms with van der Waals surface area (Å²) < 4.78 is 0. The number of hydrogen-bond donors (Lipinski definition) is 0. The van der Waals surface area contributed by atoms with Crippen molar-refractivity contribution in [1.82, 2.24) is 0 Å². The van der Waals surface area contributed by atoms with E-state index >= 15 is 0 Å². The molecule has 0 N–H and O–H groups in total. The lowest BCUT2D eigenvalue weighted by Crippen LogP contribution is -2.05. The van der Waals surface area contributed by atoms with Crippen molar-refractivity contribution in [2.24, 2.45) is 11.8 Å². The summed E-state index contributed by atoms with van der Waals surface area (Å²) >= 11 is 0. The van der Waals surface area contributed by atoms with Crippen LogP contribution in [0.5, 0.6) is 0 Å². The first kappa shape index (κ1) is 13.6. The first-order valence-electron chi connectivity index (χ1n) is 7.84. The Morgan fingerprint density at radius 3 is 2.83 bits per heavy atom. The summed E-state index contributed by atoms with van der Waals surface area (Å²) in [6.45, 7) is 2.44. The van der Waals surface area contributed by atoms with Crippen LogP contribution < -0.4 is 0 Å². The molecule has 2 unspecified atom stereocenters. The van der Waals surface area contributed by atoms with E-state index in [0.29, 0.717) is 0 Å². The highest BCUT2D eigenvalue weighted by molar-refractivity contribution is 5.17. The maximum atomic E-state index is 2.44. The predicted octanol–water partition coefficient (Wildman–Crippen LogP) is 5.82. The van der Waals surface area contributed by atoms with Gasteiger partial charge in [0.25, 0.3) is 0 Å². The predicted molar refractivity (Wildman–Crippen MR) is 80.6 cm³/mol. The van der Waals surface area contributed by atoms with Gasteiger partial charge in [0.1, 0.15) is 0 Å². The van der Waals surface area contributed by atoms with Crippen LogP contribution in [0.15, 0.2) is 36.0 Å². The highest BCUT2D eigenvalue weighted by atomic mass is 14.2. The first-order chi connectivity index (χ1) is 8.84. The minimum Gasteiger partial charge on any atom is -0.0885 e. The molecule has 2 atom stereocenters. The molecule has 100 valence electrons. The Balaban J connectivity index is 1.59. The van der Waals surface area contributed by atoms with Crippen LogP contribution in [0.1, 0.15) is 64.7 Å². The summed E-state index contributed by atoms with van der Waals surface area (Å²) in [5.74, 6) is 1.89. The molecule has 2 aliphatic carbocycles. The van der Waals surface area contributed by atoms with Gasteiger partial charge in [-0.05, 0) is 63.2 Å². The topological polar surface area (TPSA) is 0 Å². The van der Waals surface area contributed by atoms with Gasteiger partial charge in [-0.2, -0.15) is 0 Å². The number of allylic oxidation sites excluding steroid dienone is 6. The van der Waals surface area contributed by atoms with Gasteiger partial charge in [-0.1, -0.05) is 49.3 Å². The van der Waals surface area contributed by atoms with Crippen LogP contribution in [0.4, 0.5) is 0 Å². The summed E-state index contributed by atoms with van der Waals surface area (Å²) in [7, 11) is 0. The molecule has 0 heteroatoms. The largest absolute Gasteiger partial charge is 0.0885 e. The Kier molecular flexibility index (Phi) is 5.77. The second-order valence-electron chi connectivity index (χ2n) is 6.16. The van der Waals surface area contributed by atoms with Gasteiger partial charge in [0.05, 0.1) is 0 Å². The van der Waals surface area contributed by atoms with E-state index in [1.807, 2.05) is 0 Å². The molecule has 0 fully saturated rings. The fourth-order valence-corrected chi connectivity index (χ4v) is 3.08. The van der Waals surface area contributed by atoms with E-state index in [-0.39, 0.29) is 0 Å². The van der Waals surface area contributed by atoms with Crippen molar-refractivity contribution in [2.45, 2.75) is 64.7 Å².